The van der Waals surface area contributed by atoms with Gasteiger partial charge in [0, 0.05) is 46.8 Å². The number of hydrogen-bond donors (Lipinski definition) is 4. The summed E-state index contributed by atoms with van der Waals surface area (Å²) in [7, 11) is 7.76. The van der Waals surface area contributed by atoms with E-state index < -0.39 is 98.4 Å². The lowest BCUT2D eigenvalue weighted by atomic mass is 9.36. The van der Waals surface area contributed by atoms with E-state index in [2.05, 4.69) is 15.9 Å². The quantitative estimate of drug-likeness (QED) is 0.191. The molecule has 0 radical (unpaired) electrons. The van der Waals surface area contributed by atoms with Gasteiger partial charge in [-0.2, -0.15) is 0 Å². The number of amides is 2. The van der Waals surface area contributed by atoms with Gasteiger partial charge in [-0.3, -0.25) is 19.6 Å². The van der Waals surface area contributed by atoms with Crippen LogP contribution in [0.25, 0.3) is 0 Å². The number of esters is 2. The van der Waals surface area contributed by atoms with E-state index in [9.17, 15) is 39.6 Å². The van der Waals surface area contributed by atoms with E-state index in [-0.39, 0.29) is 25.7 Å². The molecule has 2 aromatic carbocycles. The van der Waals surface area contributed by atoms with Gasteiger partial charge in [-0.05, 0) is 73.9 Å². The van der Waals surface area contributed by atoms with Gasteiger partial charge in [0.2, 0.25) is 11.2 Å². The second-order valence-corrected chi connectivity index (χ2v) is 20.1. The molecule has 4 bridgehead atoms. The molecule has 6 aliphatic heterocycles. The van der Waals surface area contributed by atoms with Gasteiger partial charge in [-0.1, -0.05) is 42.5 Å². The van der Waals surface area contributed by atoms with E-state index in [0.717, 1.165) is 19.8 Å². The number of carbonyl (C=O) groups is 4. The number of rotatable bonds is 5. The molecule has 4 N–H and O–H groups in total. The number of nitrogens with zero attached hydrogens (tertiary/aromatic N) is 4. The molecule has 2 saturated heterocycles. The highest BCUT2D eigenvalue weighted by Gasteiger charge is 2.92. The fourth-order valence-electron chi connectivity index (χ4n) is 17.5. The zero-order valence-corrected chi connectivity index (χ0v) is 37.6. The Labute approximate surface area is 380 Å². The molecule has 6 heterocycles. The number of methoxy groups -OCH3 is 6. The molecule has 350 valence electrons. The standard InChI is InChI=1S/C48H54N4O14/c1-61-29-11-7-9-26-31(29)51(39(57)65-5)45-18-16-42(36(54)48(45,60)38(56)64-4)23-25(24-49-21-19-43(26,45)33(42)49)28-13-14-41-15-17-46(47(59,35(41)53)37(55)63-3)44(20-22-50(28)34(41)44)27-10-8-12-30(62-2)32(27)52(46)40(58)66-6/h7-14,23,28,33-36,53-54,59-60H,15-22,24H2,1-6H3/t28?,33-,34-,35+,36+,41-,42+,43+,44+,45-,46-,47+,48+/m0/s1. The highest BCUT2D eigenvalue weighted by atomic mass is 16.6. The summed E-state index contributed by atoms with van der Waals surface area (Å²) >= 11 is 0. The van der Waals surface area contributed by atoms with Gasteiger partial charge < -0.3 is 48.8 Å². The first kappa shape index (κ1) is 42.1. The molecule has 1 unspecified atom stereocenters. The van der Waals surface area contributed by atoms with Crippen LogP contribution in [0.5, 0.6) is 11.5 Å². The fourth-order valence-corrected chi connectivity index (χ4v) is 17.5. The predicted molar refractivity (Wildman–Crippen MR) is 230 cm³/mol. The highest BCUT2D eigenvalue weighted by molar-refractivity contribution is 6.03. The summed E-state index contributed by atoms with van der Waals surface area (Å²) in [4.78, 5) is 64.8. The summed E-state index contributed by atoms with van der Waals surface area (Å²) in [5.41, 5.74) is -10.6. The number of hydrogen-bond acceptors (Lipinski definition) is 16. The molecule has 12 aliphatic rings. The molecule has 13 atom stereocenters. The number of anilines is 2. The van der Waals surface area contributed by atoms with Crippen LogP contribution in [0.15, 0.2) is 60.2 Å². The van der Waals surface area contributed by atoms with Crippen LogP contribution >= 0.6 is 0 Å². The van der Waals surface area contributed by atoms with Crippen molar-refractivity contribution in [2.24, 2.45) is 10.8 Å². The number of ether oxygens (including phenoxy) is 6. The van der Waals surface area contributed by atoms with Crippen molar-refractivity contribution in [1.82, 2.24) is 9.80 Å². The smallest absolute Gasteiger partial charge is 0.414 e. The maximum atomic E-state index is 14.5. The minimum absolute atomic E-state index is 0.0958. The lowest BCUT2D eigenvalue weighted by Crippen LogP contribution is -2.91. The first-order valence-corrected chi connectivity index (χ1v) is 22.6. The van der Waals surface area contributed by atoms with Crippen molar-refractivity contribution in [2.75, 3.05) is 72.1 Å². The number of aliphatic hydroxyl groups excluding tert-OH is 2. The van der Waals surface area contributed by atoms with E-state index in [1.165, 1.54) is 38.2 Å². The molecule has 6 spiro atoms. The Morgan fingerprint density at radius 2 is 1.12 bits per heavy atom. The Hall–Kier alpha value is -5.24. The van der Waals surface area contributed by atoms with E-state index in [1.807, 2.05) is 36.4 Å². The predicted octanol–water partition coefficient (Wildman–Crippen LogP) is 1.67. The molecule has 66 heavy (non-hydrogen) atoms. The molecule has 18 nitrogen and oxygen atoms in total. The molecule has 14 rings (SSSR count). The topological polar surface area (TPSA) is 218 Å². The fraction of sp³-hybridized carbons (Fsp3) is 0.583. The van der Waals surface area contributed by atoms with Gasteiger partial charge in [-0.15, -0.1) is 0 Å². The van der Waals surface area contributed by atoms with Gasteiger partial charge >= 0.3 is 24.1 Å². The van der Waals surface area contributed by atoms with Crippen molar-refractivity contribution in [2.45, 2.75) is 102 Å². The Morgan fingerprint density at radius 3 is 1.64 bits per heavy atom. The summed E-state index contributed by atoms with van der Waals surface area (Å²) in [6.45, 7) is 1.28. The summed E-state index contributed by atoms with van der Waals surface area (Å²) in [5.74, 6) is -1.47. The van der Waals surface area contributed by atoms with E-state index in [1.54, 1.807) is 12.1 Å². The molecule has 6 saturated carbocycles. The van der Waals surface area contributed by atoms with Crippen LogP contribution in [-0.4, -0.2) is 169 Å². The SMILES string of the molecule is COC(=O)N1c2c(OC)cccc2[C@@]23CCN4CC(C5C=C[C@]67CC[C@@]8(N(C(=O)OC)c9c(OC)cccc9[C@@]89CCN5[C@@H]69)[C@](O)(C(=O)OC)[C@@H]7O)=C[C@]5(CC[C@]12[C@](O)(C(=O)OC)[C@@H]5O)[C@H]43. The molecular formula is C48H54N4O14. The minimum Gasteiger partial charge on any atom is -0.495 e. The normalized spacial score (nSPS) is 43.5. The summed E-state index contributed by atoms with van der Waals surface area (Å²) in [6, 6.07) is 9.29. The zero-order valence-electron chi connectivity index (χ0n) is 37.6. The van der Waals surface area contributed by atoms with Crippen molar-refractivity contribution < 1.29 is 68.0 Å². The lowest BCUT2D eigenvalue weighted by molar-refractivity contribution is -0.265. The van der Waals surface area contributed by atoms with Gasteiger partial charge in [0.05, 0.1) is 60.1 Å². The van der Waals surface area contributed by atoms with Crippen molar-refractivity contribution in [3.8, 4) is 11.5 Å². The molecule has 2 amide bonds. The van der Waals surface area contributed by atoms with Crippen LogP contribution in [0.1, 0.15) is 49.7 Å². The number of fused-ring (bicyclic) bond motifs is 6. The molecule has 8 fully saturated rings. The first-order valence-electron chi connectivity index (χ1n) is 22.6. The van der Waals surface area contributed by atoms with Gasteiger partial charge in [-0.25, -0.2) is 19.2 Å². The zero-order chi connectivity index (χ0) is 46.5. The van der Waals surface area contributed by atoms with E-state index in [0.29, 0.717) is 66.5 Å². The Bertz CT molecular complexity index is 2640. The van der Waals surface area contributed by atoms with Crippen LogP contribution in [0.2, 0.25) is 0 Å². The summed E-state index contributed by atoms with van der Waals surface area (Å²) in [6.07, 6.45) is 2.36. The average Bonchev–Trinajstić information content (AvgIpc) is 4.09. The summed E-state index contributed by atoms with van der Waals surface area (Å²) < 4.78 is 33.5. The van der Waals surface area contributed by atoms with Crippen molar-refractivity contribution in [3.63, 3.8) is 0 Å². The second-order valence-electron chi connectivity index (χ2n) is 20.1. The lowest BCUT2D eigenvalue weighted by Gasteiger charge is -2.73. The molecular weight excluding hydrogens is 857 g/mol. The van der Waals surface area contributed by atoms with Crippen LogP contribution < -0.4 is 19.3 Å². The van der Waals surface area contributed by atoms with Crippen LogP contribution in [-0.2, 0) is 39.4 Å². The number of aliphatic hydroxyl groups is 4. The molecule has 2 aromatic rings. The molecule has 0 aromatic heterocycles. The Kier molecular flexibility index (Phi) is 8.20. The van der Waals surface area contributed by atoms with Crippen LogP contribution in [0.3, 0.4) is 0 Å². The first-order chi connectivity index (χ1) is 31.6. The average molecular weight is 911 g/mol. The third kappa shape index (κ3) is 3.78. The number of carbonyl (C=O) groups excluding carboxylic acids is 4. The highest BCUT2D eigenvalue weighted by Crippen LogP contribution is 2.80. The van der Waals surface area contributed by atoms with Gasteiger partial charge in [0.1, 0.15) is 34.8 Å². The molecule has 18 heteroatoms. The third-order valence-electron chi connectivity index (χ3n) is 19.1. The number of para-hydroxylation sites is 2. The molecule has 6 aliphatic carbocycles. The third-order valence-corrected chi connectivity index (χ3v) is 19.1. The summed E-state index contributed by atoms with van der Waals surface area (Å²) in [5, 5.41) is 52.6. The largest absolute Gasteiger partial charge is 0.495 e. The Morgan fingerprint density at radius 1 is 0.621 bits per heavy atom. The van der Waals surface area contributed by atoms with Crippen LogP contribution in [0, 0.1) is 10.8 Å². The van der Waals surface area contributed by atoms with Crippen molar-refractivity contribution in [1.29, 1.82) is 0 Å². The monoisotopic (exact) mass is 910 g/mol. The maximum absolute atomic E-state index is 14.5. The van der Waals surface area contributed by atoms with E-state index >= 15 is 0 Å². The Balaban J connectivity index is 1.08. The van der Waals surface area contributed by atoms with Gasteiger partial charge in [0.15, 0.2) is 0 Å². The van der Waals surface area contributed by atoms with E-state index in [4.69, 9.17) is 28.4 Å². The minimum atomic E-state index is -2.66. The van der Waals surface area contributed by atoms with Gasteiger partial charge in [0.25, 0.3) is 0 Å². The van der Waals surface area contributed by atoms with Crippen molar-refractivity contribution >= 4 is 35.5 Å². The van der Waals surface area contributed by atoms with Crippen molar-refractivity contribution in [3.05, 3.63) is 71.3 Å². The second kappa shape index (κ2) is 12.8. The number of benzene rings is 2. The van der Waals surface area contributed by atoms with Crippen LogP contribution in [0.4, 0.5) is 21.0 Å². The maximum Gasteiger partial charge on any atom is 0.414 e.